The van der Waals surface area contributed by atoms with Crippen molar-refractivity contribution >= 4 is 5.78 Å². The Morgan fingerprint density at radius 1 is 1.27 bits per heavy atom. The first kappa shape index (κ1) is 11.9. The van der Waals surface area contributed by atoms with Gasteiger partial charge in [-0.3, -0.25) is 9.69 Å². The molecule has 0 N–H and O–H groups in total. The predicted octanol–water partition coefficient (Wildman–Crippen LogP) is 2.66. The summed E-state index contributed by atoms with van der Waals surface area (Å²) in [6, 6.07) is 9.89. The summed E-state index contributed by atoms with van der Waals surface area (Å²) in [5.41, 5.74) is 1.09. The quantitative estimate of drug-likeness (QED) is 0.736. The van der Waals surface area contributed by atoms with Gasteiger partial charge in [0.2, 0.25) is 0 Å². The van der Waals surface area contributed by atoms with Crippen molar-refractivity contribution < 1.29 is 4.79 Å². The summed E-state index contributed by atoms with van der Waals surface area (Å²) < 4.78 is 0. The molecule has 0 fully saturated rings. The standard InChI is InChI=1S/C13H19NO/c1-4-12(15)13(14(3)5-2)11-9-7-6-8-10-11/h6-10,13H,4-5H2,1-3H3. The molecular formula is C13H19NO. The van der Waals surface area contributed by atoms with E-state index in [2.05, 4.69) is 11.8 Å². The Bertz CT molecular complexity index is 308. The van der Waals surface area contributed by atoms with Crippen LogP contribution in [0.5, 0.6) is 0 Å². The van der Waals surface area contributed by atoms with E-state index >= 15 is 0 Å². The third-order valence-electron chi connectivity index (χ3n) is 2.71. The van der Waals surface area contributed by atoms with E-state index < -0.39 is 0 Å². The van der Waals surface area contributed by atoms with Crippen LogP contribution in [0.4, 0.5) is 0 Å². The molecule has 0 aliphatic heterocycles. The van der Waals surface area contributed by atoms with Crippen LogP contribution in [0.3, 0.4) is 0 Å². The van der Waals surface area contributed by atoms with Crippen LogP contribution in [-0.4, -0.2) is 24.3 Å². The molecule has 0 bridgehead atoms. The Morgan fingerprint density at radius 3 is 2.33 bits per heavy atom. The lowest BCUT2D eigenvalue weighted by Gasteiger charge is -2.25. The third kappa shape index (κ3) is 2.90. The van der Waals surface area contributed by atoms with Crippen molar-refractivity contribution in [1.29, 1.82) is 0 Å². The number of hydrogen-bond acceptors (Lipinski definition) is 2. The molecule has 0 radical (unpaired) electrons. The molecule has 0 aliphatic carbocycles. The first-order valence-corrected chi connectivity index (χ1v) is 5.48. The Labute approximate surface area is 91.9 Å². The van der Waals surface area contributed by atoms with Crippen LogP contribution in [0.1, 0.15) is 31.9 Å². The topological polar surface area (TPSA) is 20.3 Å². The van der Waals surface area contributed by atoms with Crippen molar-refractivity contribution in [3.05, 3.63) is 35.9 Å². The van der Waals surface area contributed by atoms with Gasteiger partial charge in [0.15, 0.2) is 5.78 Å². The number of ketones is 1. The number of Topliss-reactive ketones (excluding diaryl/α,β-unsaturated/α-hetero) is 1. The molecule has 1 rings (SSSR count). The highest BCUT2D eigenvalue weighted by molar-refractivity contribution is 5.85. The van der Waals surface area contributed by atoms with E-state index in [1.807, 2.05) is 44.3 Å². The van der Waals surface area contributed by atoms with Crippen LogP contribution < -0.4 is 0 Å². The molecule has 0 aromatic heterocycles. The molecule has 82 valence electrons. The minimum Gasteiger partial charge on any atom is -0.298 e. The van der Waals surface area contributed by atoms with Gasteiger partial charge >= 0.3 is 0 Å². The molecule has 0 amide bonds. The lowest BCUT2D eigenvalue weighted by atomic mass is 10.00. The maximum atomic E-state index is 11.9. The van der Waals surface area contributed by atoms with Crippen molar-refractivity contribution in [2.75, 3.05) is 13.6 Å². The van der Waals surface area contributed by atoms with Crippen molar-refractivity contribution in [2.24, 2.45) is 0 Å². The summed E-state index contributed by atoms with van der Waals surface area (Å²) >= 11 is 0. The van der Waals surface area contributed by atoms with Crippen LogP contribution in [0.2, 0.25) is 0 Å². The molecule has 0 spiro atoms. The lowest BCUT2D eigenvalue weighted by molar-refractivity contribution is -0.123. The average Bonchev–Trinajstić information content (AvgIpc) is 2.30. The van der Waals surface area contributed by atoms with Crippen LogP contribution in [-0.2, 0) is 4.79 Å². The first-order valence-electron chi connectivity index (χ1n) is 5.48. The number of carbonyl (C=O) groups is 1. The van der Waals surface area contributed by atoms with Gasteiger partial charge in [-0.1, -0.05) is 44.2 Å². The van der Waals surface area contributed by atoms with Crippen molar-refractivity contribution in [2.45, 2.75) is 26.3 Å². The van der Waals surface area contributed by atoms with E-state index in [0.717, 1.165) is 12.1 Å². The SMILES string of the molecule is CCC(=O)C(c1ccccc1)N(C)CC. The number of benzene rings is 1. The van der Waals surface area contributed by atoms with Gasteiger partial charge < -0.3 is 0 Å². The van der Waals surface area contributed by atoms with Gasteiger partial charge in [0, 0.05) is 6.42 Å². The Balaban J connectivity index is 2.96. The number of nitrogens with zero attached hydrogens (tertiary/aromatic N) is 1. The highest BCUT2D eigenvalue weighted by Crippen LogP contribution is 2.21. The molecule has 0 saturated carbocycles. The predicted molar refractivity (Wildman–Crippen MR) is 62.8 cm³/mol. The van der Waals surface area contributed by atoms with Gasteiger partial charge in [0.05, 0.1) is 6.04 Å². The van der Waals surface area contributed by atoms with E-state index in [0.29, 0.717) is 6.42 Å². The van der Waals surface area contributed by atoms with Gasteiger partial charge in [-0.15, -0.1) is 0 Å². The van der Waals surface area contributed by atoms with E-state index in [9.17, 15) is 4.79 Å². The summed E-state index contributed by atoms with van der Waals surface area (Å²) in [4.78, 5) is 14.0. The van der Waals surface area contributed by atoms with Crippen LogP contribution in [0.25, 0.3) is 0 Å². The summed E-state index contributed by atoms with van der Waals surface area (Å²) in [5, 5.41) is 0. The second kappa shape index (κ2) is 5.66. The number of hydrogen-bond donors (Lipinski definition) is 0. The lowest BCUT2D eigenvalue weighted by Crippen LogP contribution is -2.30. The number of carbonyl (C=O) groups excluding carboxylic acids is 1. The Morgan fingerprint density at radius 2 is 1.87 bits per heavy atom. The van der Waals surface area contributed by atoms with Crippen molar-refractivity contribution in [1.82, 2.24) is 4.90 Å². The molecule has 1 aromatic carbocycles. The molecule has 1 unspecified atom stereocenters. The van der Waals surface area contributed by atoms with Crippen molar-refractivity contribution in [3.8, 4) is 0 Å². The van der Waals surface area contributed by atoms with Gasteiger partial charge in [0.1, 0.15) is 0 Å². The number of rotatable bonds is 5. The molecular weight excluding hydrogens is 186 g/mol. The maximum Gasteiger partial charge on any atom is 0.154 e. The van der Waals surface area contributed by atoms with Gasteiger partial charge in [-0.05, 0) is 19.2 Å². The molecule has 0 saturated heterocycles. The maximum absolute atomic E-state index is 11.9. The average molecular weight is 205 g/mol. The Kier molecular flexibility index (Phi) is 4.50. The zero-order chi connectivity index (χ0) is 11.3. The highest BCUT2D eigenvalue weighted by Gasteiger charge is 2.21. The summed E-state index contributed by atoms with van der Waals surface area (Å²) in [5.74, 6) is 0.283. The molecule has 1 aromatic rings. The largest absolute Gasteiger partial charge is 0.298 e. The summed E-state index contributed by atoms with van der Waals surface area (Å²) in [6.45, 7) is 4.87. The molecule has 1 atom stereocenters. The molecule has 15 heavy (non-hydrogen) atoms. The summed E-state index contributed by atoms with van der Waals surface area (Å²) in [7, 11) is 1.99. The monoisotopic (exact) mass is 205 g/mol. The molecule has 0 heterocycles. The second-order valence-electron chi connectivity index (χ2n) is 3.71. The van der Waals surface area contributed by atoms with Gasteiger partial charge in [0.25, 0.3) is 0 Å². The second-order valence-corrected chi connectivity index (χ2v) is 3.71. The fourth-order valence-corrected chi connectivity index (χ4v) is 1.70. The summed E-state index contributed by atoms with van der Waals surface area (Å²) in [6.07, 6.45) is 0.587. The van der Waals surface area contributed by atoms with Gasteiger partial charge in [-0.2, -0.15) is 0 Å². The highest BCUT2D eigenvalue weighted by atomic mass is 16.1. The fraction of sp³-hybridized carbons (Fsp3) is 0.462. The zero-order valence-electron chi connectivity index (χ0n) is 9.73. The van der Waals surface area contributed by atoms with Gasteiger partial charge in [-0.25, -0.2) is 0 Å². The van der Waals surface area contributed by atoms with Crippen LogP contribution >= 0.6 is 0 Å². The first-order chi connectivity index (χ1) is 7.20. The molecule has 0 aliphatic rings. The van der Waals surface area contributed by atoms with E-state index in [-0.39, 0.29) is 11.8 Å². The normalized spacial score (nSPS) is 12.8. The van der Waals surface area contributed by atoms with Crippen LogP contribution in [0, 0.1) is 0 Å². The Hall–Kier alpha value is -1.15. The molecule has 2 nitrogen and oxygen atoms in total. The number of likely N-dealkylation sites (N-methyl/N-ethyl adjacent to an activating group) is 1. The minimum absolute atomic E-state index is 0.0822. The fourth-order valence-electron chi connectivity index (χ4n) is 1.70. The van der Waals surface area contributed by atoms with Crippen molar-refractivity contribution in [3.63, 3.8) is 0 Å². The van der Waals surface area contributed by atoms with E-state index in [4.69, 9.17) is 0 Å². The molecule has 2 heteroatoms. The smallest absolute Gasteiger partial charge is 0.154 e. The zero-order valence-corrected chi connectivity index (χ0v) is 9.73. The van der Waals surface area contributed by atoms with E-state index in [1.54, 1.807) is 0 Å². The third-order valence-corrected chi connectivity index (χ3v) is 2.71. The van der Waals surface area contributed by atoms with E-state index in [1.165, 1.54) is 0 Å². The minimum atomic E-state index is -0.0822. The van der Waals surface area contributed by atoms with Crippen LogP contribution in [0.15, 0.2) is 30.3 Å².